The lowest BCUT2D eigenvalue weighted by atomic mass is 9.95. The lowest BCUT2D eigenvalue weighted by Gasteiger charge is -2.28. The van der Waals surface area contributed by atoms with E-state index in [1.165, 1.54) is 75.4 Å². The molecule has 12 aromatic rings. The van der Waals surface area contributed by atoms with Crippen LogP contribution in [-0.4, -0.2) is 4.57 Å². The van der Waals surface area contributed by atoms with Crippen molar-refractivity contribution < 1.29 is 0 Å². The predicted octanol–water partition coefficient (Wildman–Crippen LogP) is 17.3. The monoisotopic (exact) mass is 820 g/mol. The summed E-state index contributed by atoms with van der Waals surface area (Å²) in [5.74, 6) is 0. The maximum absolute atomic E-state index is 2.49. The summed E-state index contributed by atoms with van der Waals surface area (Å²) in [4.78, 5) is 2.44. The number of nitrogens with zero attached hydrogens (tertiary/aromatic N) is 2. The molecule has 10 aromatic carbocycles. The van der Waals surface area contributed by atoms with Gasteiger partial charge in [-0.2, -0.15) is 0 Å². The first-order valence-corrected chi connectivity index (χ1v) is 22.3. The summed E-state index contributed by atoms with van der Waals surface area (Å²) in [6, 6.07) is 88.5. The van der Waals surface area contributed by atoms with E-state index in [1.54, 1.807) is 0 Å². The Morgan fingerprint density at radius 3 is 1.68 bits per heavy atom. The third kappa shape index (κ3) is 6.41. The SMILES string of the molecule is c1ccc(-c2ccc(-c3ccccc3)c(-n3c4ccccc4c4ccc(N(c5ccccc5)c5ccc(-c6cccc7c6sc6ccccc67)cc5-c5ccccc5)cc43)c2)cc1. The Hall–Kier alpha value is -7.98. The first-order chi connectivity index (χ1) is 31.3. The zero-order valence-electron chi connectivity index (χ0n) is 34.4. The Labute approximate surface area is 370 Å². The highest BCUT2D eigenvalue weighted by molar-refractivity contribution is 7.26. The molecule has 0 atom stereocenters. The van der Waals surface area contributed by atoms with Gasteiger partial charge in [-0.1, -0.05) is 188 Å². The van der Waals surface area contributed by atoms with Gasteiger partial charge in [-0.25, -0.2) is 0 Å². The van der Waals surface area contributed by atoms with E-state index in [2.05, 4.69) is 252 Å². The molecule has 0 bridgehead atoms. The van der Waals surface area contributed by atoms with Gasteiger partial charge in [-0.3, -0.25) is 0 Å². The van der Waals surface area contributed by atoms with E-state index in [0.717, 1.165) is 33.8 Å². The van der Waals surface area contributed by atoms with Crippen LogP contribution in [0.5, 0.6) is 0 Å². The number of aromatic nitrogens is 1. The molecular formula is C60H40N2S. The van der Waals surface area contributed by atoms with Crippen molar-refractivity contribution in [1.82, 2.24) is 4.57 Å². The van der Waals surface area contributed by atoms with E-state index in [4.69, 9.17) is 0 Å². The minimum absolute atomic E-state index is 1.08. The van der Waals surface area contributed by atoms with E-state index in [0.29, 0.717) is 0 Å². The number of fused-ring (bicyclic) bond motifs is 6. The van der Waals surface area contributed by atoms with Crippen LogP contribution in [0.15, 0.2) is 243 Å². The summed E-state index contributed by atoms with van der Waals surface area (Å²) in [5, 5.41) is 5.04. The second-order valence-corrected chi connectivity index (χ2v) is 17.1. The molecule has 2 heterocycles. The van der Waals surface area contributed by atoms with E-state index >= 15 is 0 Å². The normalized spacial score (nSPS) is 11.5. The average Bonchev–Trinajstić information content (AvgIpc) is 3.91. The largest absolute Gasteiger partial charge is 0.310 e. The summed E-state index contributed by atoms with van der Waals surface area (Å²) >= 11 is 1.88. The molecule has 2 nitrogen and oxygen atoms in total. The van der Waals surface area contributed by atoms with Gasteiger partial charge < -0.3 is 9.47 Å². The summed E-state index contributed by atoms with van der Waals surface area (Å²) in [6.45, 7) is 0. The van der Waals surface area contributed by atoms with Crippen LogP contribution in [0, 0.1) is 0 Å². The molecule has 0 unspecified atom stereocenters. The van der Waals surface area contributed by atoms with Crippen LogP contribution >= 0.6 is 11.3 Å². The third-order valence-corrected chi connectivity index (χ3v) is 13.6. The molecule has 0 spiro atoms. The molecule has 296 valence electrons. The lowest BCUT2D eigenvalue weighted by Crippen LogP contribution is -2.11. The minimum atomic E-state index is 1.08. The molecular weight excluding hydrogens is 781 g/mol. The highest BCUT2D eigenvalue weighted by Crippen LogP contribution is 2.47. The number of anilines is 3. The van der Waals surface area contributed by atoms with Crippen molar-refractivity contribution in [3.05, 3.63) is 243 Å². The second-order valence-electron chi connectivity index (χ2n) is 16.1. The summed E-state index contributed by atoms with van der Waals surface area (Å²) in [7, 11) is 0. The van der Waals surface area contributed by atoms with E-state index in [1.807, 2.05) is 11.3 Å². The smallest absolute Gasteiger partial charge is 0.0562 e. The zero-order valence-corrected chi connectivity index (χ0v) is 35.2. The Balaban J connectivity index is 1.11. The van der Waals surface area contributed by atoms with Gasteiger partial charge in [0.25, 0.3) is 0 Å². The quantitative estimate of drug-likeness (QED) is 0.148. The molecule has 0 aliphatic carbocycles. The highest BCUT2D eigenvalue weighted by Gasteiger charge is 2.23. The van der Waals surface area contributed by atoms with Gasteiger partial charge in [0.15, 0.2) is 0 Å². The van der Waals surface area contributed by atoms with Gasteiger partial charge in [0.2, 0.25) is 0 Å². The van der Waals surface area contributed by atoms with Gasteiger partial charge in [-0.15, -0.1) is 11.3 Å². The summed E-state index contributed by atoms with van der Waals surface area (Å²) in [5.41, 5.74) is 16.2. The van der Waals surface area contributed by atoms with Crippen LogP contribution in [0.2, 0.25) is 0 Å². The Morgan fingerprint density at radius 2 is 0.921 bits per heavy atom. The number of para-hydroxylation sites is 2. The molecule has 0 amide bonds. The Bertz CT molecular complexity index is 3610. The summed E-state index contributed by atoms with van der Waals surface area (Å²) < 4.78 is 5.11. The van der Waals surface area contributed by atoms with Crippen molar-refractivity contribution in [3.63, 3.8) is 0 Å². The van der Waals surface area contributed by atoms with Crippen LogP contribution in [0.25, 0.3) is 92.2 Å². The van der Waals surface area contributed by atoms with Crippen molar-refractivity contribution >= 4 is 70.4 Å². The number of hydrogen-bond acceptors (Lipinski definition) is 2. The van der Waals surface area contributed by atoms with Crippen LogP contribution in [-0.2, 0) is 0 Å². The molecule has 63 heavy (non-hydrogen) atoms. The van der Waals surface area contributed by atoms with Crippen molar-refractivity contribution in [1.29, 1.82) is 0 Å². The number of benzene rings is 10. The van der Waals surface area contributed by atoms with Crippen molar-refractivity contribution in [2.75, 3.05) is 4.90 Å². The highest BCUT2D eigenvalue weighted by atomic mass is 32.1. The zero-order chi connectivity index (χ0) is 41.7. The van der Waals surface area contributed by atoms with Gasteiger partial charge in [-0.05, 0) is 88.0 Å². The van der Waals surface area contributed by atoms with E-state index in [-0.39, 0.29) is 0 Å². The van der Waals surface area contributed by atoms with Crippen LogP contribution < -0.4 is 4.90 Å². The summed E-state index contributed by atoms with van der Waals surface area (Å²) in [6.07, 6.45) is 0. The molecule has 0 saturated carbocycles. The fraction of sp³-hybridized carbons (Fsp3) is 0. The first kappa shape index (κ1) is 36.8. The van der Waals surface area contributed by atoms with Crippen molar-refractivity contribution in [3.8, 4) is 50.2 Å². The number of hydrogen-bond donors (Lipinski definition) is 0. The standard InChI is InChI=1S/C60H40N2S/c1-5-18-41(19-6-1)44-32-35-48(42-20-7-2-8-21-42)57(39-44)62-55-30-15-13-26-50(55)51-36-34-47(40-58(51)62)61(46-24-11-4-12-25-46)56-37-33-45(38-54(56)43-22-9-3-10-23-43)49-28-17-29-53-52-27-14-16-31-59(52)63-60(49)53/h1-40H. The molecule has 0 saturated heterocycles. The van der Waals surface area contributed by atoms with Gasteiger partial charge in [0.1, 0.15) is 0 Å². The maximum atomic E-state index is 2.49. The fourth-order valence-electron chi connectivity index (χ4n) is 9.47. The van der Waals surface area contributed by atoms with Gasteiger partial charge in [0, 0.05) is 53.4 Å². The molecule has 3 heteroatoms. The van der Waals surface area contributed by atoms with Crippen LogP contribution in [0.1, 0.15) is 0 Å². The number of rotatable bonds is 8. The lowest BCUT2D eigenvalue weighted by molar-refractivity contribution is 1.18. The molecule has 2 aromatic heterocycles. The number of thiophene rings is 1. The van der Waals surface area contributed by atoms with E-state index in [9.17, 15) is 0 Å². The van der Waals surface area contributed by atoms with Crippen LogP contribution in [0.4, 0.5) is 17.1 Å². The maximum Gasteiger partial charge on any atom is 0.0562 e. The molecule has 0 radical (unpaired) electrons. The van der Waals surface area contributed by atoms with Gasteiger partial charge in [0.05, 0.1) is 22.4 Å². The topological polar surface area (TPSA) is 8.17 Å². The molecule has 0 aliphatic rings. The molecule has 0 N–H and O–H groups in total. The predicted molar refractivity (Wildman–Crippen MR) is 270 cm³/mol. The Kier molecular flexibility index (Phi) is 9.06. The second kappa shape index (κ2) is 15.5. The van der Waals surface area contributed by atoms with Crippen molar-refractivity contribution in [2.24, 2.45) is 0 Å². The average molecular weight is 821 g/mol. The molecule has 12 rings (SSSR count). The Morgan fingerprint density at radius 1 is 0.317 bits per heavy atom. The first-order valence-electron chi connectivity index (χ1n) is 21.5. The van der Waals surface area contributed by atoms with E-state index < -0.39 is 0 Å². The fourth-order valence-corrected chi connectivity index (χ4v) is 10.7. The minimum Gasteiger partial charge on any atom is -0.310 e. The third-order valence-electron chi connectivity index (χ3n) is 12.4. The van der Waals surface area contributed by atoms with Crippen LogP contribution in [0.3, 0.4) is 0 Å². The molecule has 0 aliphatic heterocycles. The van der Waals surface area contributed by atoms with Gasteiger partial charge >= 0.3 is 0 Å². The van der Waals surface area contributed by atoms with Crippen molar-refractivity contribution in [2.45, 2.75) is 0 Å². The molecule has 0 fully saturated rings.